The van der Waals surface area contributed by atoms with Crippen LogP contribution in [0.3, 0.4) is 0 Å². The monoisotopic (exact) mass is 1590 g/mol. The van der Waals surface area contributed by atoms with Gasteiger partial charge in [-0.25, -0.2) is 44.9 Å². The molecule has 0 amide bonds. The molecule has 0 bridgehead atoms. The van der Waals surface area contributed by atoms with Crippen molar-refractivity contribution in [3.8, 4) is 168 Å². The van der Waals surface area contributed by atoms with Gasteiger partial charge in [0.2, 0.25) is 0 Å². The predicted molar refractivity (Wildman–Crippen MR) is 498 cm³/mol. The fraction of sp³-hybridized carbons (Fsp3) is 0.0541. The molecule has 6 aromatic heterocycles. The molecule has 0 saturated heterocycles. The Morgan fingerprint density at radius 3 is 0.740 bits per heavy atom. The molecule has 21 rings (SSSR count). The molecule has 0 radical (unpaired) electrons. The van der Waals surface area contributed by atoms with E-state index in [9.17, 15) is 0 Å². The summed E-state index contributed by atoms with van der Waals surface area (Å²) < 4.78 is 17.5. The quantitative estimate of drug-likeness (QED) is 0.0803. The van der Waals surface area contributed by atoms with Crippen molar-refractivity contribution in [2.75, 3.05) is 0 Å². The minimum absolute atomic E-state index is 0.694. The molecule has 0 unspecified atom stereocenters. The second-order valence-electron chi connectivity index (χ2n) is 29.9. The van der Waals surface area contributed by atoms with E-state index < -0.39 is 0 Å². The third-order valence-electron chi connectivity index (χ3n) is 21.9. The summed E-state index contributed by atoms with van der Waals surface area (Å²) in [4.78, 5) is 44.0. The molecule has 0 aliphatic rings. The Balaban J connectivity index is 0.000000121. The molecule has 0 fully saturated rings. The third-order valence-corrected chi connectivity index (χ3v) is 21.9. The van der Waals surface area contributed by atoms with Crippen molar-refractivity contribution < 1.29 is 13.3 Å². The number of fused-ring (bicyclic) bond motifs is 3. The van der Waals surface area contributed by atoms with Gasteiger partial charge in [-0.05, 0) is 127 Å². The lowest BCUT2D eigenvalue weighted by Crippen LogP contribution is -1.97. The molecule has 588 valence electrons. The van der Waals surface area contributed by atoms with E-state index in [1.165, 1.54) is 33.4 Å². The van der Waals surface area contributed by atoms with Crippen molar-refractivity contribution in [3.63, 3.8) is 0 Å². The molecular weight excluding hydrogens is 1510 g/mol. The van der Waals surface area contributed by atoms with E-state index in [-0.39, 0.29) is 0 Å². The van der Waals surface area contributed by atoms with Crippen molar-refractivity contribution in [2.24, 2.45) is 0 Å². The number of aryl methyl sites for hydroxylation is 3. The standard InChI is InChI=1S/3C37H27N3O/c1-2-36-38-34-23-29(21-22-35(34)41-36)30-15-9-10-16-31(30)33-24-32(39-37(40-33)28-13-7-4-8-14-28)27-19-17-26(18-20-27)25-11-5-3-6-12-25;1-2-36-38-34-23-30(20-21-35(34)41-36)29-14-9-15-31(22-29)33-24-32(39-37(40-33)28-12-7-4-8-13-28)27-18-16-26(17-19-27)25-10-5-3-6-11-25;1-2-36-38-34-23-31(21-22-35(34)41-36)27-15-19-29(20-16-27)33-24-32(39-37(40-33)30-11-7-4-8-12-30)28-17-13-26(14-18-28)25-9-5-3-6-10-25/h3*3-24H,2H2,1H3. The molecule has 12 nitrogen and oxygen atoms in total. The van der Waals surface area contributed by atoms with Gasteiger partial charge in [-0.2, -0.15) is 0 Å². The summed E-state index contributed by atoms with van der Waals surface area (Å²) in [6.45, 7) is 6.14. The lowest BCUT2D eigenvalue weighted by molar-refractivity contribution is 0.537. The Bertz CT molecular complexity index is 7250. The zero-order valence-corrected chi connectivity index (χ0v) is 68.0. The maximum Gasteiger partial charge on any atom is 0.195 e. The second-order valence-corrected chi connectivity index (χ2v) is 29.9. The Morgan fingerprint density at radius 2 is 0.390 bits per heavy atom. The van der Waals surface area contributed by atoms with Crippen LogP contribution in [0.4, 0.5) is 0 Å². The maximum atomic E-state index is 5.86. The van der Waals surface area contributed by atoms with Gasteiger partial charge in [0.15, 0.2) is 51.9 Å². The molecule has 21 aromatic rings. The van der Waals surface area contributed by atoms with Gasteiger partial charge in [0.1, 0.15) is 16.6 Å². The first-order valence-corrected chi connectivity index (χ1v) is 41.5. The number of aromatic nitrogens is 9. The van der Waals surface area contributed by atoms with E-state index in [4.69, 9.17) is 43.2 Å². The second kappa shape index (κ2) is 35.3. The van der Waals surface area contributed by atoms with Gasteiger partial charge in [-0.1, -0.05) is 360 Å². The molecule has 0 aliphatic heterocycles. The number of benzene rings is 15. The normalized spacial score (nSPS) is 11.1. The number of hydrogen-bond donors (Lipinski definition) is 0. The molecule has 0 aliphatic carbocycles. The highest BCUT2D eigenvalue weighted by Gasteiger charge is 2.20. The van der Waals surface area contributed by atoms with Crippen molar-refractivity contribution in [1.82, 2.24) is 44.9 Å². The van der Waals surface area contributed by atoms with Crippen molar-refractivity contribution in [1.29, 1.82) is 0 Å². The molecule has 0 N–H and O–H groups in total. The number of oxazole rings is 3. The van der Waals surface area contributed by atoms with Gasteiger partial charge < -0.3 is 13.3 Å². The summed E-state index contributed by atoms with van der Waals surface area (Å²) in [5.41, 5.74) is 33.2. The summed E-state index contributed by atoms with van der Waals surface area (Å²) in [6.07, 6.45) is 2.31. The zero-order valence-electron chi connectivity index (χ0n) is 68.0. The highest BCUT2D eigenvalue weighted by Crippen LogP contribution is 2.40. The van der Waals surface area contributed by atoms with E-state index in [1.54, 1.807) is 0 Å². The minimum Gasteiger partial charge on any atom is -0.441 e. The van der Waals surface area contributed by atoms with E-state index in [1.807, 2.05) is 112 Å². The Kier molecular flexibility index (Phi) is 22.0. The van der Waals surface area contributed by atoms with Crippen LogP contribution in [0.2, 0.25) is 0 Å². The maximum absolute atomic E-state index is 5.86. The van der Waals surface area contributed by atoms with Crippen LogP contribution < -0.4 is 0 Å². The Labute approximate surface area is 713 Å². The lowest BCUT2D eigenvalue weighted by atomic mass is 9.96. The van der Waals surface area contributed by atoms with Gasteiger partial charge in [0, 0.05) is 69.3 Å². The largest absolute Gasteiger partial charge is 0.441 e. The predicted octanol–water partition coefficient (Wildman–Crippen LogP) is 28.5. The smallest absolute Gasteiger partial charge is 0.195 e. The van der Waals surface area contributed by atoms with Crippen molar-refractivity contribution in [3.05, 3.63) is 418 Å². The van der Waals surface area contributed by atoms with E-state index >= 15 is 0 Å². The topological polar surface area (TPSA) is 155 Å². The van der Waals surface area contributed by atoms with Gasteiger partial charge >= 0.3 is 0 Å². The highest BCUT2D eigenvalue weighted by molar-refractivity contribution is 5.90. The molecular formula is C111H81N9O3. The average molecular weight is 1590 g/mol. The van der Waals surface area contributed by atoms with Crippen LogP contribution >= 0.6 is 0 Å². The summed E-state index contributed by atoms with van der Waals surface area (Å²) in [5.74, 6) is 4.36. The summed E-state index contributed by atoms with van der Waals surface area (Å²) in [5, 5.41) is 0. The first kappa shape index (κ1) is 76.9. The molecule has 0 atom stereocenters. The average Bonchev–Trinajstić information content (AvgIpc) is 1.65. The van der Waals surface area contributed by atoms with Crippen LogP contribution in [0.15, 0.2) is 414 Å². The fourth-order valence-electron chi connectivity index (χ4n) is 15.3. The van der Waals surface area contributed by atoms with E-state index in [0.29, 0.717) is 17.5 Å². The summed E-state index contributed by atoms with van der Waals surface area (Å²) >= 11 is 0. The zero-order chi connectivity index (χ0) is 82.8. The molecule has 15 aromatic carbocycles. The van der Waals surface area contributed by atoms with Gasteiger partial charge in [-0.15, -0.1) is 0 Å². The van der Waals surface area contributed by atoms with Crippen LogP contribution in [-0.2, 0) is 19.3 Å². The van der Waals surface area contributed by atoms with Crippen LogP contribution in [0.1, 0.15) is 38.4 Å². The number of hydrogen-bond acceptors (Lipinski definition) is 12. The highest BCUT2D eigenvalue weighted by atomic mass is 16.4. The molecule has 12 heteroatoms. The van der Waals surface area contributed by atoms with Crippen molar-refractivity contribution >= 4 is 33.3 Å². The first-order chi connectivity index (χ1) is 60.7. The summed E-state index contributed by atoms with van der Waals surface area (Å²) in [7, 11) is 0. The van der Waals surface area contributed by atoms with E-state index in [2.05, 4.69) is 324 Å². The minimum atomic E-state index is 0.694. The van der Waals surface area contributed by atoms with Gasteiger partial charge in [0.05, 0.1) is 34.2 Å². The molecule has 0 saturated carbocycles. The van der Waals surface area contributed by atoms with Gasteiger partial charge in [-0.3, -0.25) is 0 Å². The first-order valence-electron chi connectivity index (χ1n) is 41.5. The summed E-state index contributed by atoms with van der Waals surface area (Å²) in [6, 6.07) is 138. The van der Waals surface area contributed by atoms with Crippen LogP contribution in [0, 0.1) is 0 Å². The van der Waals surface area contributed by atoms with Crippen molar-refractivity contribution in [2.45, 2.75) is 40.0 Å². The number of rotatable bonds is 18. The third kappa shape index (κ3) is 17.2. The lowest BCUT2D eigenvalue weighted by Gasteiger charge is -2.13. The fourth-order valence-corrected chi connectivity index (χ4v) is 15.3. The molecule has 0 spiro atoms. The van der Waals surface area contributed by atoms with Crippen LogP contribution in [-0.4, -0.2) is 44.9 Å². The Hall–Kier alpha value is -16.1. The van der Waals surface area contributed by atoms with Gasteiger partial charge in [0.25, 0.3) is 0 Å². The SMILES string of the molecule is CCc1nc2cc(-c3ccc(-c4cc(-c5ccc(-c6ccccc6)cc5)nc(-c5ccccc5)n4)cc3)ccc2o1.CCc1nc2cc(-c3cccc(-c4cc(-c5ccc(-c6ccccc6)cc5)nc(-c5ccccc5)n4)c3)ccc2o1.CCc1nc2cc(-c3ccccc3-c3cc(-c4ccc(-c5ccccc5)cc4)nc(-c4ccccc4)n3)ccc2o1. The molecule has 6 heterocycles. The van der Waals surface area contributed by atoms with E-state index in [0.717, 1.165) is 188 Å². The van der Waals surface area contributed by atoms with Crippen LogP contribution in [0.5, 0.6) is 0 Å². The molecule has 123 heavy (non-hydrogen) atoms. The Morgan fingerprint density at radius 1 is 0.163 bits per heavy atom. The van der Waals surface area contributed by atoms with Crippen LogP contribution in [0.25, 0.3) is 202 Å². The number of nitrogens with zero attached hydrogens (tertiary/aromatic N) is 9.